The van der Waals surface area contributed by atoms with Gasteiger partial charge in [0.25, 0.3) is 0 Å². The summed E-state index contributed by atoms with van der Waals surface area (Å²) in [6.07, 6.45) is -3.91. The number of aromatic nitrogens is 4. The molecular weight excluding hydrogens is 638 g/mol. The molecule has 1 fully saturated rings. The number of aryl methyl sites for hydroxylation is 1. The molecule has 0 radical (unpaired) electrons. The van der Waals surface area contributed by atoms with E-state index < -0.39 is 67.9 Å². The van der Waals surface area contributed by atoms with Gasteiger partial charge in [-0.05, 0) is 18.9 Å². The number of nitrogens with zero attached hydrogens (tertiary/aromatic N) is 4. The van der Waals surface area contributed by atoms with Crippen molar-refractivity contribution in [3.8, 4) is 11.5 Å². The number of ether oxygens (including phenoxy) is 3. The summed E-state index contributed by atoms with van der Waals surface area (Å²) in [7, 11) is -7.57. The van der Waals surface area contributed by atoms with Crippen molar-refractivity contribution in [1.29, 1.82) is 0 Å². The van der Waals surface area contributed by atoms with Gasteiger partial charge in [0.15, 0.2) is 22.8 Å². The number of methoxy groups -OCH3 is 1. The maximum Gasteiger partial charge on any atom is 0.342 e. The number of hydrogen-bond acceptors (Lipinski definition) is 15. The monoisotopic (exact) mass is 671 g/mol. The zero-order valence-corrected chi connectivity index (χ0v) is 26.1. The van der Waals surface area contributed by atoms with E-state index >= 15 is 0 Å². The Kier molecular flexibility index (Phi) is 8.92. The van der Waals surface area contributed by atoms with Crippen LogP contribution in [0.4, 0.5) is 5.82 Å². The van der Waals surface area contributed by atoms with Crippen molar-refractivity contribution in [2.45, 2.75) is 57.8 Å². The number of nitrogens with two attached hydrogens (primary N) is 1. The van der Waals surface area contributed by atoms with Crippen LogP contribution in [0.5, 0.6) is 11.5 Å². The van der Waals surface area contributed by atoms with Crippen molar-refractivity contribution < 1.29 is 51.2 Å². The second-order valence-corrected chi connectivity index (χ2v) is 14.5. The lowest BCUT2D eigenvalue weighted by Gasteiger charge is -2.17. The van der Waals surface area contributed by atoms with Crippen LogP contribution in [0.25, 0.3) is 11.2 Å². The molecule has 3 aromatic rings. The third-order valence-electron chi connectivity index (χ3n) is 7.58. The Hall–Kier alpha value is -3.66. The lowest BCUT2D eigenvalue weighted by Crippen LogP contribution is -2.43. The third kappa shape index (κ3) is 6.26. The third-order valence-corrected chi connectivity index (χ3v) is 11.3. The van der Waals surface area contributed by atoms with E-state index in [1.54, 1.807) is 6.92 Å². The van der Waals surface area contributed by atoms with Gasteiger partial charge in [0.2, 0.25) is 20.0 Å². The first-order valence-corrected chi connectivity index (χ1v) is 17.0. The van der Waals surface area contributed by atoms with Gasteiger partial charge in [-0.15, -0.1) is 0 Å². The number of aliphatic hydroxyl groups is 2. The van der Waals surface area contributed by atoms with E-state index in [0.717, 1.165) is 0 Å². The van der Waals surface area contributed by atoms with Crippen LogP contribution in [0.3, 0.4) is 0 Å². The van der Waals surface area contributed by atoms with Crippen LogP contribution in [0, 0.1) is 6.92 Å². The fraction of sp³-hybridized carbons (Fsp3) is 0.520. The average Bonchev–Trinajstić information content (AvgIpc) is 3.65. The number of fused-ring (bicyclic) bond motifs is 2. The number of sulfonamides is 2. The number of phenolic OH excluding ortho intramolecular Hbond substituents is 1. The molecule has 1 saturated heterocycles. The van der Waals surface area contributed by atoms with E-state index in [2.05, 4.69) is 24.4 Å². The molecule has 0 unspecified atom stereocenters. The number of aromatic hydroxyl groups is 1. The van der Waals surface area contributed by atoms with E-state index in [9.17, 15) is 36.9 Å². The Bertz CT molecular complexity index is 1860. The van der Waals surface area contributed by atoms with Crippen molar-refractivity contribution in [2.24, 2.45) is 0 Å². The smallest absolute Gasteiger partial charge is 0.342 e. The number of benzene rings is 1. The van der Waals surface area contributed by atoms with Crippen LogP contribution in [-0.2, 0) is 49.0 Å². The fourth-order valence-corrected chi connectivity index (χ4v) is 8.49. The molecule has 246 valence electrons. The van der Waals surface area contributed by atoms with E-state index in [0.29, 0.717) is 23.4 Å². The summed E-state index contributed by atoms with van der Waals surface area (Å²) in [6, 6.07) is 0. The summed E-state index contributed by atoms with van der Waals surface area (Å²) >= 11 is 0. The van der Waals surface area contributed by atoms with Crippen molar-refractivity contribution in [3.63, 3.8) is 0 Å². The number of carbonyl (C=O) groups is 1. The number of nitrogens with one attached hydrogen (secondary N) is 2. The molecule has 0 aliphatic carbocycles. The van der Waals surface area contributed by atoms with Gasteiger partial charge < -0.3 is 35.3 Å². The maximum atomic E-state index is 12.7. The topological polar surface area (TPSA) is 267 Å². The Morgan fingerprint density at radius 2 is 1.87 bits per heavy atom. The Morgan fingerprint density at radius 3 is 2.56 bits per heavy atom. The van der Waals surface area contributed by atoms with Crippen molar-refractivity contribution in [2.75, 3.05) is 31.0 Å². The number of carbonyl (C=O) groups excluding carboxylic acids is 1. The van der Waals surface area contributed by atoms with Gasteiger partial charge >= 0.3 is 5.97 Å². The predicted octanol–water partition coefficient (Wildman–Crippen LogP) is -1.68. The molecule has 2 aliphatic rings. The van der Waals surface area contributed by atoms with Gasteiger partial charge in [0.05, 0.1) is 13.4 Å². The van der Waals surface area contributed by atoms with Crippen molar-refractivity contribution in [3.05, 3.63) is 34.4 Å². The standard InChI is InChI=1S/C25H33N7O11S2/c1-4-15-30-22(26)17-23(31-15)32(9-27-17)24-20(35)19(34)14(43-24)7-29-45(39,40)10-44(37,38)28-6-5-12-18(33)16-13(8-42-25(16)36)11(2)21(12)41-3/h9,14,19-20,24,28-29,33-35H,4-8,10H2,1-3H3,(H2,26,30,31)/t14-,19-,20-,24-/m1/s1. The van der Waals surface area contributed by atoms with Crippen LogP contribution in [-0.4, -0.2) is 101 Å². The lowest BCUT2D eigenvalue weighted by atomic mass is 9.95. The molecule has 0 spiro atoms. The molecule has 0 amide bonds. The SMILES string of the molecule is CCc1nc(N)c2ncn([C@@H]3O[C@H](CNS(=O)(=O)CS(=O)(=O)NCCc4c(O)c5c(c(C)c4OC)COC5=O)[C@@H](O)[C@H]3O)c2n1. The molecule has 2 aliphatic heterocycles. The van der Waals surface area contributed by atoms with Crippen LogP contribution >= 0.6 is 0 Å². The van der Waals surface area contributed by atoms with Gasteiger partial charge in [-0.3, -0.25) is 4.57 Å². The zero-order chi connectivity index (χ0) is 32.8. The average molecular weight is 672 g/mol. The molecule has 20 heteroatoms. The number of phenols is 1. The van der Waals surface area contributed by atoms with E-state index in [4.69, 9.17) is 19.9 Å². The van der Waals surface area contributed by atoms with E-state index in [-0.39, 0.29) is 53.4 Å². The number of cyclic esters (lactones) is 1. The first-order valence-electron chi connectivity index (χ1n) is 13.7. The number of hydrogen-bond donors (Lipinski definition) is 6. The van der Waals surface area contributed by atoms with Gasteiger partial charge in [-0.25, -0.2) is 46.0 Å². The Labute approximate surface area is 257 Å². The van der Waals surface area contributed by atoms with E-state index in [1.807, 2.05) is 6.92 Å². The highest BCUT2D eigenvalue weighted by Gasteiger charge is 2.45. The minimum Gasteiger partial charge on any atom is -0.507 e. The number of esters is 1. The first-order chi connectivity index (χ1) is 21.2. The number of nitrogen functional groups attached to an aromatic ring is 1. The molecule has 4 heterocycles. The Morgan fingerprint density at radius 1 is 1.16 bits per heavy atom. The zero-order valence-electron chi connectivity index (χ0n) is 24.4. The normalized spacial score (nSPS) is 21.8. The molecule has 1 aromatic carbocycles. The number of imidazole rings is 1. The highest BCUT2D eigenvalue weighted by atomic mass is 32.3. The Balaban J connectivity index is 1.21. The van der Waals surface area contributed by atoms with Crippen LogP contribution in [0.15, 0.2) is 6.33 Å². The molecule has 2 aromatic heterocycles. The predicted molar refractivity (Wildman–Crippen MR) is 156 cm³/mol. The summed E-state index contributed by atoms with van der Waals surface area (Å²) < 4.78 is 72.4. The largest absolute Gasteiger partial charge is 0.507 e. The van der Waals surface area contributed by atoms with Crippen LogP contribution < -0.4 is 19.9 Å². The molecule has 45 heavy (non-hydrogen) atoms. The number of rotatable bonds is 12. The quantitative estimate of drug-likeness (QED) is 0.117. The molecule has 7 N–H and O–H groups in total. The summed E-state index contributed by atoms with van der Waals surface area (Å²) in [5.74, 6) is -0.337. The van der Waals surface area contributed by atoms with Gasteiger partial charge in [0, 0.05) is 30.6 Å². The highest BCUT2D eigenvalue weighted by molar-refractivity contribution is 8.06. The summed E-state index contributed by atoms with van der Waals surface area (Å²) in [5, 5.41) is 30.6. The lowest BCUT2D eigenvalue weighted by molar-refractivity contribution is -0.0330. The number of anilines is 1. The minimum absolute atomic E-state index is 0.0223. The van der Waals surface area contributed by atoms with Crippen LogP contribution in [0.2, 0.25) is 0 Å². The van der Waals surface area contributed by atoms with Gasteiger partial charge in [-0.2, -0.15) is 0 Å². The molecule has 4 atom stereocenters. The van der Waals surface area contributed by atoms with Gasteiger partial charge in [0.1, 0.15) is 53.3 Å². The molecule has 18 nitrogen and oxygen atoms in total. The van der Waals surface area contributed by atoms with E-state index in [1.165, 1.54) is 18.0 Å². The van der Waals surface area contributed by atoms with Crippen molar-refractivity contribution >= 4 is 43.0 Å². The fourth-order valence-electron chi connectivity index (χ4n) is 5.36. The number of aliphatic hydroxyl groups excluding tert-OH is 2. The molecular formula is C25H33N7O11S2. The van der Waals surface area contributed by atoms with Crippen molar-refractivity contribution in [1.82, 2.24) is 29.0 Å². The minimum atomic E-state index is -4.49. The molecule has 0 bridgehead atoms. The summed E-state index contributed by atoms with van der Waals surface area (Å²) in [5.41, 5.74) is 7.59. The van der Waals surface area contributed by atoms with Crippen LogP contribution in [0.1, 0.15) is 46.0 Å². The second-order valence-electron chi connectivity index (χ2n) is 10.5. The van der Waals surface area contributed by atoms with Gasteiger partial charge in [-0.1, -0.05) is 6.92 Å². The summed E-state index contributed by atoms with van der Waals surface area (Å²) in [6.45, 7) is 2.56. The highest BCUT2D eigenvalue weighted by Crippen LogP contribution is 2.41. The molecule has 5 rings (SSSR count). The first kappa shape index (κ1) is 32.7. The maximum absolute atomic E-state index is 12.7. The summed E-state index contributed by atoms with van der Waals surface area (Å²) in [4.78, 5) is 24.7. The molecule has 0 saturated carbocycles. The second kappa shape index (κ2) is 12.3.